The molecule has 1 heterocycles. The van der Waals surface area contributed by atoms with Gasteiger partial charge in [0, 0.05) is 26.2 Å². The quantitative estimate of drug-likeness (QED) is 0.505. The van der Waals surface area contributed by atoms with Crippen molar-refractivity contribution in [1.82, 2.24) is 10.2 Å². The van der Waals surface area contributed by atoms with E-state index in [9.17, 15) is 0 Å². The van der Waals surface area contributed by atoms with Gasteiger partial charge in [0.25, 0.3) is 0 Å². The lowest BCUT2D eigenvalue weighted by Crippen LogP contribution is -2.36. The average Bonchev–Trinajstić information content (AvgIpc) is 2.62. The molecule has 1 saturated heterocycles. The van der Waals surface area contributed by atoms with Crippen LogP contribution in [0.3, 0.4) is 0 Å². The molecule has 0 radical (unpaired) electrons. The number of rotatable bonds is 3. The van der Waals surface area contributed by atoms with Crippen molar-refractivity contribution < 1.29 is 0 Å². The SMILES string of the molecule is CN=C(N)NCC1CCN(C(C)C)C1. The number of guanidine groups is 1. The molecule has 0 aliphatic carbocycles. The van der Waals surface area contributed by atoms with Crippen LogP contribution in [0.1, 0.15) is 20.3 Å². The van der Waals surface area contributed by atoms with Crippen molar-refractivity contribution in [3.05, 3.63) is 0 Å². The summed E-state index contributed by atoms with van der Waals surface area (Å²) in [5.74, 6) is 1.27. The highest BCUT2D eigenvalue weighted by Crippen LogP contribution is 2.17. The van der Waals surface area contributed by atoms with E-state index in [4.69, 9.17) is 5.73 Å². The number of hydrogen-bond acceptors (Lipinski definition) is 2. The lowest BCUT2D eigenvalue weighted by atomic mass is 10.1. The topological polar surface area (TPSA) is 53.6 Å². The highest BCUT2D eigenvalue weighted by molar-refractivity contribution is 5.77. The van der Waals surface area contributed by atoms with Crippen LogP contribution in [0.4, 0.5) is 0 Å². The molecular formula is C10H22N4. The summed E-state index contributed by atoms with van der Waals surface area (Å²) in [5, 5.41) is 3.13. The van der Waals surface area contributed by atoms with Crippen molar-refractivity contribution in [1.29, 1.82) is 0 Å². The standard InChI is InChI=1S/C10H22N4/c1-8(2)14-5-4-9(7-14)6-13-10(11)12-3/h8-9H,4-7H2,1-3H3,(H3,11,12,13). The average molecular weight is 198 g/mol. The molecule has 0 bridgehead atoms. The molecule has 1 aliphatic rings. The first-order valence-electron chi connectivity index (χ1n) is 5.33. The van der Waals surface area contributed by atoms with Gasteiger partial charge < -0.3 is 16.0 Å². The van der Waals surface area contributed by atoms with Gasteiger partial charge in [-0.1, -0.05) is 0 Å². The Bertz CT molecular complexity index is 200. The molecule has 0 aromatic carbocycles. The minimum atomic E-state index is 0.549. The van der Waals surface area contributed by atoms with Crippen molar-refractivity contribution in [2.45, 2.75) is 26.3 Å². The predicted octanol–water partition coefficient (Wildman–Crippen LogP) is 0.251. The van der Waals surface area contributed by atoms with E-state index in [1.807, 2.05) is 0 Å². The molecule has 0 aromatic rings. The van der Waals surface area contributed by atoms with E-state index < -0.39 is 0 Å². The Balaban J connectivity index is 2.23. The first-order valence-corrected chi connectivity index (χ1v) is 5.33. The third-order valence-corrected chi connectivity index (χ3v) is 2.86. The van der Waals surface area contributed by atoms with Crippen LogP contribution in [0.15, 0.2) is 4.99 Å². The number of hydrogen-bond donors (Lipinski definition) is 2. The van der Waals surface area contributed by atoms with Crippen LogP contribution in [-0.4, -0.2) is 43.6 Å². The maximum absolute atomic E-state index is 5.57. The van der Waals surface area contributed by atoms with Crippen LogP contribution in [0, 0.1) is 5.92 Å². The molecule has 14 heavy (non-hydrogen) atoms. The van der Waals surface area contributed by atoms with E-state index in [1.54, 1.807) is 7.05 Å². The Morgan fingerprint density at radius 1 is 1.64 bits per heavy atom. The van der Waals surface area contributed by atoms with Crippen LogP contribution in [0.25, 0.3) is 0 Å². The highest BCUT2D eigenvalue weighted by atomic mass is 15.2. The van der Waals surface area contributed by atoms with Crippen molar-refractivity contribution >= 4 is 5.96 Å². The minimum Gasteiger partial charge on any atom is -0.370 e. The van der Waals surface area contributed by atoms with Crippen LogP contribution < -0.4 is 11.1 Å². The molecular weight excluding hydrogens is 176 g/mol. The fourth-order valence-corrected chi connectivity index (χ4v) is 1.83. The largest absolute Gasteiger partial charge is 0.370 e. The molecule has 1 atom stereocenters. The van der Waals surface area contributed by atoms with Crippen molar-refractivity contribution in [2.75, 3.05) is 26.7 Å². The summed E-state index contributed by atoms with van der Waals surface area (Å²) in [5.41, 5.74) is 5.57. The molecule has 1 fully saturated rings. The maximum Gasteiger partial charge on any atom is 0.188 e. The molecule has 0 amide bonds. The summed E-state index contributed by atoms with van der Waals surface area (Å²) >= 11 is 0. The van der Waals surface area contributed by atoms with Gasteiger partial charge in [-0.05, 0) is 32.7 Å². The second kappa shape index (κ2) is 5.20. The van der Waals surface area contributed by atoms with Gasteiger partial charge in [0.1, 0.15) is 0 Å². The molecule has 1 aliphatic heterocycles. The third-order valence-electron chi connectivity index (χ3n) is 2.86. The van der Waals surface area contributed by atoms with Gasteiger partial charge >= 0.3 is 0 Å². The van der Waals surface area contributed by atoms with Crippen LogP contribution >= 0.6 is 0 Å². The number of aliphatic imine (C=N–C) groups is 1. The van der Waals surface area contributed by atoms with E-state index >= 15 is 0 Å². The molecule has 1 unspecified atom stereocenters. The van der Waals surface area contributed by atoms with Crippen LogP contribution in [-0.2, 0) is 0 Å². The molecule has 1 rings (SSSR count). The van der Waals surface area contributed by atoms with Gasteiger partial charge in [-0.3, -0.25) is 4.99 Å². The number of nitrogens with two attached hydrogens (primary N) is 1. The zero-order valence-electron chi connectivity index (χ0n) is 9.45. The summed E-state index contributed by atoms with van der Waals surface area (Å²) in [6.45, 7) is 7.84. The minimum absolute atomic E-state index is 0.549. The zero-order valence-corrected chi connectivity index (χ0v) is 9.45. The summed E-state index contributed by atoms with van der Waals surface area (Å²) in [6.07, 6.45) is 1.27. The Labute approximate surface area is 86.6 Å². The molecule has 0 aromatic heterocycles. The summed E-state index contributed by atoms with van der Waals surface area (Å²) in [4.78, 5) is 6.38. The highest BCUT2D eigenvalue weighted by Gasteiger charge is 2.23. The van der Waals surface area contributed by atoms with Crippen molar-refractivity contribution in [3.8, 4) is 0 Å². The second-order valence-electron chi connectivity index (χ2n) is 4.23. The van der Waals surface area contributed by atoms with E-state index in [2.05, 4.69) is 29.1 Å². The Kier molecular flexibility index (Phi) is 4.20. The Hall–Kier alpha value is -0.770. The van der Waals surface area contributed by atoms with E-state index in [0.29, 0.717) is 12.0 Å². The van der Waals surface area contributed by atoms with Gasteiger partial charge in [0.2, 0.25) is 0 Å². The first kappa shape index (κ1) is 11.3. The lowest BCUT2D eigenvalue weighted by molar-refractivity contribution is 0.265. The first-order chi connectivity index (χ1) is 6.63. The summed E-state index contributed by atoms with van der Waals surface area (Å²) in [6, 6.07) is 0.664. The number of nitrogens with one attached hydrogen (secondary N) is 1. The van der Waals surface area contributed by atoms with Crippen molar-refractivity contribution in [3.63, 3.8) is 0 Å². The summed E-state index contributed by atoms with van der Waals surface area (Å²) < 4.78 is 0. The zero-order chi connectivity index (χ0) is 10.6. The fourth-order valence-electron chi connectivity index (χ4n) is 1.83. The van der Waals surface area contributed by atoms with Gasteiger partial charge in [-0.25, -0.2) is 0 Å². The van der Waals surface area contributed by atoms with Crippen molar-refractivity contribution in [2.24, 2.45) is 16.6 Å². The molecule has 0 spiro atoms. The molecule has 82 valence electrons. The maximum atomic E-state index is 5.57. The van der Waals surface area contributed by atoms with Crippen LogP contribution in [0.5, 0.6) is 0 Å². The fraction of sp³-hybridized carbons (Fsp3) is 0.900. The normalized spacial score (nSPS) is 24.6. The van der Waals surface area contributed by atoms with Gasteiger partial charge in [0.05, 0.1) is 0 Å². The Morgan fingerprint density at radius 3 is 2.86 bits per heavy atom. The molecule has 4 heteroatoms. The molecule has 4 nitrogen and oxygen atoms in total. The van der Waals surface area contributed by atoms with Gasteiger partial charge in [-0.15, -0.1) is 0 Å². The number of likely N-dealkylation sites (tertiary alicyclic amines) is 1. The smallest absolute Gasteiger partial charge is 0.188 e. The monoisotopic (exact) mass is 198 g/mol. The van der Waals surface area contributed by atoms with Gasteiger partial charge in [0.15, 0.2) is 5.96 Å². The molecule has 0 saturated carbocycles. The Morgan fingerprint density at radius 2 is 2.36 bits per heavy atom. The van der Waals surface area contributed by atoms with E-state index in [0.717, 1.165) is 12.5 Å². The molecule has 3 N–H and O–H groups in total. The van der Waals surface area contributed by atoms with E-state index in [1.165, 1.54) is 19.5 Å². The summed E-state index contributed by atoms with van der Waals surface area (Å²) in [7, 11) is 1.71. The second-order valence-corrected chi connectivity index (χ2v) is 4.23. The van der Waals surface area contributed by atoms with Crippen LogP contribution in [0.2, 0.25) is 0 Å². The third kappa shape index (κ3) is 3.18. The lowest BCUT2D eigenvalue weighted by Gasteiger charge is -2.20. The van der Waals surface area contributed by atoms with E-state index in [-0.39, 0.29) is 0 Å². The van der Waals surface area contributed by atoms with Gasteiger partial charge in [-0.2, -0.15) is 0 Å². The predicted molar refractivity (Wildman–Crippen MR) is 60.4 cm³/mol. The number of nitrogens with zero attached hydrogens (tertiary/aromatic N) is 2.